The molecule has 0 spiro atoms. The second-order valence-corrected chi connectivity index (χ2v) is 7.26. The van der Waals surface area contributed by atoms with Crippen LogP contribution in [0.5, 0.6) is 5.75 Å². The number of ether oxygens (including phenoxy) is 1. The molecule has 5 heteroatoms. The van der Waals surface area contributed by atoms with Gasteiger partial charge in [0.15, 0.2) is 0 Å². The lowest BCUT2D eigenvalue weighted by Gasteiger charge is -2.17. The van der Waals surface area contributed by atoms with E-state index in [9.17, 15) is 9.59 Å². The molecule has 2 N–H and O–H groups in total. The summed E-state index contributed by atoms with van der Waals surface area (Å²) in [5.41, 5.74) is 0.171. The molecule has 5 nitrogen and oxygen atoms in total. The van der Waals surface area contributed by atoms with Crippen LogP contribution in [0.15, 0.2) is 24.3 Å². The number of benzene rings is 1. The maximum Gasteiger partial charge on any atom is 0.229 e. The van der Waals surface area contributed by atoms with Crippen LogP contribution in [0.3, 0.4) is 0 Å². The average molecular weight is 322 g/mol. The van der Waals surface area contributed by atoms with Crippen LogP contribution in [0.1, 0.15) is 41.5 Å². The molecule has 2 amide bonds. The van der Waals surface area contributed by atoms with E-state index in [0.717, 1.165) is 11.4 Å². The van der Waals surface area contributed by atoms with Gasteiger partial charge in [-0.25, -0.2) is 0 Å². The van der Waals surface area contributed by atoms with Crippen molar-refractivity contribution < 1.29 is 14.3 Å². The van der Waals surface area contributed by atoms with Crippen molar-refractivity contribution in [3.63, 3.8) is 0 Å². The Morgan fingerprint density at radius 2 is 1.30 bits per heavy atom. The summed E-state index contributed by atoms with van der Waals surface area (Å²) < 4.78 is 5.03. The molecule has 23 heavy (non-hydrogen) atoms. The van der Waals surface area contributed by atoms with Gasteiger partial charge in [-0.3, -0.25) is 9.59 Å². The first-order valence-electron chi connectivity index (χ1n) is 7.59. The molecule has 0 aromatic heterocycles. The monoisotopic (exact) mass is 322 g/mol. The Hall–Kier alpha value is -2.04. The third kappa shape index (κ3) is 8.24. The van der Waals surface area contributed by atoms with Crippen LogP contribution < -0.4 is 15.4 Å². The number of hydrogen-bond acceptors (Lipinski definition) is 3. The van der Waals surface area contributed by atoms with E-state index < -0.39 is 0 Å². The molecule has 0 saturated heterocycles. The zero-order valence-electron chi connectivity index (χ0n) is 15.5. The van der Waals surface area contributed by atoms with Gasteiger partial charge in [0, 0.05) is 23.6 Å². The van der Waals surface area contributed by atoms with Gasteiger partial charge in [0.1, 0.15) is 5.75 Å². The highest BCUT2D eigenvalue weighted by atomic mass is 16.5. The van der Waals surface area contributed by atoms with Gasteiger partial charge in [0.2, 0.25) is 11.8 Å². The molecule has 0 fully saturated rings. The lowest BCUT2D eigenvalue weighted by atomic mass is 9.95. The van der Waals surface area contributed by atoms with Gasteiger partial charge in [-0.05, 0) is 24.3 Å². The zero-order valence-corrected chi connectivity index (χ0v) is 15.5. The van der Waals surface area contributed by atoms with E-state index in [1.165, 1.54) is 0 Å². The number of hydrogen-bond donors (Lipinski definition) is 2. The molecule has 0 bridgehead atoms. The third-order valence-corrected chi connectivity index (χ3v) is 2.94. The molecule has 0 saturated carbocycles. The van der Waals surface area contributed by atoms with E-state index in [4.69, 9.17) is 4.74 Å². The van der Waals surface area contributed by atoms with Crippen molar-refractivity contribution in [3.8, 4) is 5.75 Å². The normalized spacial score (nSPS) is 11.0. The van der Waals surface area contributed by atoms with E-state index in [2.05, 4.69) is 10.6 Å². The fourth-order valence-electron chi connectivity index (χ4n) is 1.37. The molecule has 1 rings (SSSR count). The minimum absolute atomic E-state index is 0.00710. The maximum absolute atomic E-state index is 11.6. The van der Waals surface area contributed by atoms with Gasteiger partial charge in [-0.2, -0.15) is 0 Å². The highest BCUT2D eigenvalue weighted by Crippen LogP contribution is 2.19. The second-order valence-electron chi connectivity index (χ2n) is 7.26. The first-order valence-corrected chi connectivity index (χ1v) is 7.59. The van der Waals surface area contributed by atoms with Crippen molar-refractivity contribution in [3.05, 3.63) is 24.3 Å². The Kier molecular flexibility index (Phi) is 7.80. The van der Waals surface area contributed by atoms with Crippen molar-refractivity contribution in [1.29, 1.82) is 0 Å². The Balaban J connectivity index is 0.000000515. The lowest BCUT2D eigenvalue weighted by molar-refractivity contribution is -0.128. The molecule has 0 unspecified atom stereocenters. The van der Waals surface area contributed by atoms with Gasteiger partial charge in [-0.15, -0.1) is 0 Å². The van der Waals surface area contributed by atoms with Crippen LogP contribution in [0.2, 0.25) is 0 Å². The number of carbonyl (C=O) groups excluding carboxylic acids is 2. The average Bonchev–Trinajstić information content (AvgIpc) is 2.45. The number of methoxy groups -OCH3 is 1. The van der Waals surface area contributed by atoms with E-state index >= 15 is 0 Å². The van der Waals surface area contributed by atoms with Gasteiger partial charge in [-0.1, -0.05) is 41.5 Å². The van der Waals surface area contributed by atoms with E-state index in [-0.39, 0.29) is 22.6 Å². The number of amides is 2. The minimum Gasteiger partial charge on any atom is -0.497 e. The Labute approximate surface area is 139 Å². The van der Waals surface area contributed by atoms with Crippen molar-refractivity contribution in [1.82, 2.24) is 5.32 Å². The predicted molar refractivity (Wildman–Crippen MR) is 94.6 cm³/mol. The van der Waals surface area contributed by atoms with Crippen LogP contribution >= 0.6 is 0 Å². The summed E-state index contributed by atoms with van der Waals surface area (Å²) in [6, 6.07) is 7.28. The summed E-state index contributed by atoms with van der Waals surface area (Å²) in [6.45, 7) is 11.3. The third-order valence-electron chi connectivity index (χ3n) is 2.94. The lowest BCUT2D eigenvalue weighted by Crippen LogP contribution is -2.31. The van der Waals surface area contributed by atoms with Crippen LogP contribution in [0.4, 0.5) is 5.69 Å². The van der Waals surface area contributed by atoms with Crippen LogP contribution in [0, 0.1) is 10.8 Å². The topological polar surface area (TPSA) is 67.4 Å². The summed E-state index contributed by atoms with van der Waals surface area (Å²) in [5.74, 6) is 0.869. The molecule has 0 radical (unpaired) electrons. The minimum atomic E-state index is -0.375. The highest BCUT2D eigenvalue weighted by molar-refractivity contribution is 5.94. The summed E-state index contributed by atoms with van der Waals surface area (Å²) in [5, 5.41) is 5.40. The van der Waals surface area contributed by atoms with E-state index in [1.54, 1.807) is 14.2 Å². The Morgan fingerprint density at radius 3 is 1.57 bits per heavy atom. The zero-order chi connectivity index (χ0) is 18.3. The quantitative estimate of drug-likeness (QED) is 0.876. The van der Waals surface area contributed by atoms with E-state index in [0.29, 0.717) is 0 Å². The number of anilines is 1. The largest absolute Gasteiger partial charge is 0.497 e. The van der Waals surface area contributed by atoms with Crippen LogP contribution in [0.25, 0.3) is 0 Å². The van der Waals surface area contributed by atoms with Gasteiger partial charge >= 0.3 is 0 Å². The highest BCUT2D eigenvalue weighted by Gasteiger charge is 2.21. The van der Waals surface area contributed by atoms with Crippen molar-refractivity contribution in [2.75, 3.05) is 19.5 Å². The summed E-state index contributed by atoms with van der Waals surface area (Å²) >= 11 is 0. The molecule has 0 aliphatic rings. The fraction of sp³-hybridized carbons (Fsp3) is 0.556. The van der Waals surface area contributed by atoms with Gasteiger partial charge in [0.05, 0.1) is 7.11 Å². The standard InChI is InChI=1S/C12H17NO2.C6H13NO/c1-12(2,3)11(14)13-9-5-7-10(15-4)8-6-9;1-6(2,3)5(8)7-4/h5-8H,1-4H3,(H,13,14);1-4H3,(H,7,8). The molecule has 1 aromatic carbocycles. The van der Waals surface area contributed by atoms with Crippen molar-refractivity contribution in [2.24, 2.45) is 10.8 Å². The molecular weight excluding hydrogens is 292 g/mol. The maximum atomic E-state index is 11.6. The predicted octanol–water partition coefficient (Wildman–Crippen LogP) is 3.46. The molecule has 0 aliphatic heterocycles. The van der Waals surface area contributed by atoms with Crippen molar-refractivity contribution in [2.45, 2.75) is 41.5 Å². The first kappa shape index (κ1) is 21.0. The Morgan fingerprint density at radius 1 is 0.870 bits per heavy atom. The molecule has 0 aliphatic carbocycles. The molecular formula is C18H30N2O3. The first-order chi connectivity index (χ1) is 10.4. The molecule has 130 valence electrons. The molecule has 1 aromatic rings. The van der Waals surface area contributed by atoms with Gasteiger partial charge < -0.3 is 15.4 Å². The number of nitrogens with one attached hydrogen (secondary N) is 2. The number of rotatable bonds is 2. The Bertz CT molecular complexity index is 509. The fourth-order valence-corrected chi connectivity index (χ4v) is 1.37. The SMILES string of the molecule is CNC(=O)C(C)(C)C.COc1ccc(NC(=O)C(C)(C)C)cc1. The van der Waals surface area contributed by atoms with Gasteiger partial charge in [0.25, 0.3) is 0 Å². The summed E-state index contributed by atoms with van der Waals surface area (Å²) in [4.78, 5) is 22.4. The summed E-state index contributed by atoms with van der Waals surface area (Å²) in [6.07, 6.45) is 0. The number of carbonyl (C=O) groups is 2. The smallest absolute Gasteiger partial charge is 0.229 e. The molecule has 0 heterocycles. The van der Waals surface area contributed by atoms with Crippen LogP contribution in [-0.2, 0) is 9.59 Å². The summed E-state index contributed by atoms with van der Waals surface area (Å²) in [7, 11) is 3.26. The van der Waals surface area contributed by atoms with E-state index in [1.807, 2.05) is 65.8 Å². The van der Waals surface area contributed by atoms with Crippen molar-refractivity contribution >= 4 is 17.5 Å². The second kappa shape index (κ2) is 8.56. The van der Waals surface area contributed by atoms with Crippen LogP contribution in [-0.4, -0.2) is 26.0 Å². The molecule has 0 atom stereocenters.